The Kier molecular flexibility index (Phi) is 2.95. The summed E-state index contributed by atoms with van der Waals surface area (Å²) < 4.78 is 0. The second-order valence-corrected chi connectivity index (χ2v) is 4.79. The minimum absolute atomic E-state index is 0.162. The Morgan fingerprint density at radius 1 is 1.10 bits per heavy atom. The van der Waals surface area contributed by atoms with Crippen LogP contribution in [0.1, 0.15) is 21.5 Å². The van der Waals surface area contributed by atoms with Crippen LogP contribution in [0.2, 0.25) is 0 Å². The van der Waals surface area contributed by atoms with E-state index in [1.54, 1.807) is 24.3 Å². The van der Waals surface area contributed by atoms with Crippen molar-refractivity contribution in [2.24, 2.45) is 0 Å². The first-order valence-electron chi connectivity index (χ1n) is 6.38. The molecule has 0 spiro atoms. The Bertz CT molecular complexity index is 730. The zero-order valence-corrected chi connectivity index (χ0v) is 11.0. The Hall–Kier alpha value is -2.68. The van der Waals surface area contributed by atoms with Gasteiger partial charge in [0.2, 0.25) is 0 Å². The number of ketones is 1. The van der Waals surface area contributed by atoms with Gasteiger partial charge < -0.3 is 5.32 Å². The molecule has 1 amide bonds. The van der Waals surface area contributed by atoms with E-state index in [0.717, 1.165) is 16.8 Å². The third-order valence-corrected chi connectivity index (χ3v) is 3.29. The third kappa shape index (κ3) is 2.14. The van der Waals surface area contributed by atoms with E-state index in [4.69, 9.17) is 0 Å². The highest BCUT2D eigenvalue weighted by Crippen LogP contribution is 2.32. The number of anilines is 1. The predicted octanol–water partition coefficient (Wildman–Crippen LogP) is 3.21. The summed E-state index contributed by atoms with van der Waals surface area (Å²) in [6.07, 6.45) is 1.41. The summed E-state index contributed by atoms with van der Waals surface area (Å²) in [6, 6.07) is 14.6. The molecule has 3 nitrogen and oxygen atoms in total. The number of rotatable bonds is 2. The molecule has 0 saturated heterocycles. The summed E-state index contributed by atoms with van der Waals surface area (Å²) in [5, 5.41) is 2.77. The van der Waals surface area contributed by atoms with Crippen molar-refractivity contribution in [2.75, 3.05) is 5.32 Å². The van der Waals surface area contributed by atoms with Crippen LogP contribution in [0.4, 0.5) is 5.69 Å². The maximum atomic E-state index is 12.2. The molecule has 0 fully saturated rings. The largest absolute Gasteiger partial charge is 0.321 e. The van der Waals surface area contributed by atoms with E-state index in [1.165, 1.54) is 6.08 Å². The lowest BCUT2D eigenvalue weighted by Gasteiger charge is -2.00. The molecule has 1 heterocycles. The standard InChI is InChI=1S/C17H13NO2/c1-11-7-8-15-13(9-11)14(17(20)18-15)10-16(19)12-5-3-2-4-6-12/h2-10H,1H3,(H,18,20)/b14-10+. The van der Waals surface area contributed by atoms with Crippen LogP contribution in [0.3, 0.4) is 0 Å². The smallest absolute Gasteiger partial charge is 0.256 e. The summed E-state index contributed by atoms with van der Waals surface area (Å²) in [5.41, 5.74) is 3.61. The highest BCUT2D eigenvalue weighted by Gasteiger charge is 2.24. The molecule has 0 atom stereocenters. The molecule has 1 aliphatic rings. The Balaban J connectivity index is 2.03. The zero-order chi connectivity index (χ0) is 14.1. The maximum Gasteiger partial charge on any atom is 0.256 e. The average Bonchev–Trinajstić information content (AvgIpc) is 2.76. The van der Waals surface area contributed by atoms with Crippen molar-refractivity contribution in [2.45, 2.75) is 6.92 Å². The van der Waals surface area contributed by atoms with Crippen molar-refractivity contribution in [1.82, 2.24) is 0 Å². The van der Waals surface area contributed by atoms with Crippen LogP contribution in [-0.4, -0.2) is 11.7 Å². The Labute approximate surface area is 116 Å². The van der Waals surface area contributed by atoms with E-state index in [-0.39, 0.29) is 11.7 Å². The third-order valence-electron chi connectivity index (χ3n) is 3.29. The fourth-order valence-electron chi connectivity index (χ4n) is 2.26. The van der Waals surface area contributed by atoms with E-state index in [2.05, 4.69) is 5.32 Å². The Morgan fingerprint density at radius 3 is 2.60 bits per heavy atom. The highest BCUT2D eigenvalue weighted by atomic mass is 16.2. The molecular formula is C17H13NO2. The zero-order valence-electron chi connectivity index (χ0n) is 11.0. The van der Waals surface area contributed by atoms with Gasteiger partial charge in [0.15, 0.2) is 5.78 Å². The van der Waals surface area contributed by atoms with Gasteiger partial charge in [-0.1, -0.05) is 42.0 Å². The van der Waals surface area contributed by atoms with Crippen LogP contribution < -0.4 is 5.32 Å². The van der Waals surface area contributed by atoms with Gasteiger partial charge >= 0.3 is 0 Å². The fourth-order valence-corrected chi connectivity index (χ4v) is 2.26. The van der Waals surface area contributed by atoms with Gasteiger partial charge in [-0.3, -0.25) is 9.59 Å². The molecule has 1 N–H and O–H groups in total. The van der Waals surface area contributed by atoms with E-state index < -0.39 is 0 Å². The monoisotopic (exact) mass is 263 g/mol. The van der Waals surface area contributed by atoms with Gasteiger partial charge in [0.1, 0.15) is 0 Å². The van der Waals surface area contributed by atoms with E-state index >= 15 is 0 Å². The quantitative estimate of drug-likeness (QED) is 0.668. The van der Waals surface area contributed by atoms with Gasteiger partial charge in [0.25, 0.3) is 5.91 Å². The SMILES string of the molecule is Cc1ccc2c(c1)/C(=C\C(=O)c1ccccc1)C(=O)N2. The lowest BCUT2D eigenvalue weighted by Crippen LogP contribution is -2.05. The molecule has 0 aliphatic carbocycles. The number of allylic oxidation sites excluding steroid dienone is 1. The second-order valence-electron chi connectivity index (χ2n) is 4.79. The van der Waals surface area contributed by atoms with E-state index in [1.807, 2.05) is 31.2 Å². The van der Waals surface area contributed by atoms with E-state index in [0.29, 0.717) is 11.1 Å². The minimum Gasteiger partial charge on any atom is -0.321 e. The van der Waals surface area contributed by atoms with Gasteiger partial charge in [0, 0.05) is 16.8 Å². The number of amides is 1. The van der Waals surface area contributed by atoms with Crippen molar-refractivity contribution in [3.8, 4) is 0 Å². The summed E-state index contributed by atoms with van der Waals surface area (Å²) in [7, 11) is 0. The van der Waals surface area contributed by atoms with Gasteiger partial charge in [-0.15, -0.1) is 0 Å². The molecule has 98 valence electrons. The topological polar surface area (TPSA) is 46.2 Å². The molecule has 1 aliphatic heterocycles. The first kappa shape index (κ1) is 12.4. The van der Waals surface area contributed by atoms with Crippen molar-refractivity contribution in [3.63, 3.8) is 0 Å². The molecule has 2 aromatic carbocycles. The Morgan fingerprint density at radius 2 is 1.85 bits per heavy atom. The summed E-state index contributed by atoms with van der Waals surface area (Å²) in [6.45, 7) is 1.96. The van der Waals surface area contributed by atoms with Crippen LogP contribution in [0.25, 0.3) is 5.57 Å². The molecule has 2 aromatic rings. The van der Waals surface area contributed by atoms with Crippen LogP contribution in [0.15, 0.2) is 54.6 Å². The number of carbonyl (C=O) groups excluding carboxylic acids is 2. The highest BCUT2D eigenvalue weighted by molar-refractivity contribution is 6.35. The summed E-state index contributed by atoms with van der Waals surface area (Å²) >= 11 is 0. The van der Waals surface area contributed by atoms with Gasteiger partial charge in [-0.05, 0) is 25.1 Å². The van der Waals surface area contributed by atoms with Crippen LogP contribution in [0, 0.1) is 6.92 Å². The number of hydrogen-bond acceptors (Lipinski definition) is 2. The first-order valence-corrected chi connectivity index (χ1v) is 6.38. The van der Waals surface area contributed by atoms with Gasteiger partial charge in [-0.2, -0.15) is 0 Å². The van der Waals surface area contributed by atoms with Crippen LogP contribution in [-0.2, 0) is 4.79 Å². The molecule has 0 unspecified atom stereocenters. The number of benzene rings is 2. The number of fused-ring (bicyclic) bond motifs is 1. The molecule has 0 radical (unpaired) electrons. The molecular weight excluding hydrogens is 250 g/mol. The molecule has 0 saturated carbocycles. The average molecular weight is 263 g/mol. The molecule has 3 rings (SSSR count). The minimum atomic E-state index is -0.227. The van der Waals surface area contributed by atoms with Crippen LogP contribution in [0.5, 0.6) is 0 Å². The molecule has 0 aromatic heterocycles. The van der Waals surface area contributed by atoms with Crippen molar-refractivity contribution >= 4 is 23.0 Å². The normalized spacial score (nSPS) is 15.1. The lowest BCUT2D eigenvalue weighted by molar-refractivity contribution is -0.110. The summed E-state index contributed by atoms with van der Waals surface area (Å²) in [4.78, 5) is 24.2. The van der Waals surface area contributed by atoms with E-state index in [9.17, 15) is 9.59 Å². The molecule has 0 bridgehead atoms. The first-order chi connectivity index (χ1) is 9.65. The molecule has 20 heavy (non-hydrogen) atoms. The van der Waals surface area contributed by atoms with Crippen molar-refractivity contribution in [3.05, 3.63) is 71.3 Å². The van der Waals surface area contributed by atoms with Crippen molar-refractivity contribution in [1.29, 1.82) is 0 Å². The van der Waals surface area contributed by atoms with Crippen LogP contribution >= 0.6 is 0 Å². The number of hydrogen-bond donors (Lipinski definition) is 1. The number of nitrogens with one attached hydrogen (secondary N) is 1. The van der Waals surface area contributed by atoms with Crippen molar-refractivity contribution < 1.29 is 9.59 Å². The summed E-state index contributed by atoms with van der Waals surface area (Å²) in [5.74, 6) is -0.389. The number of carbonyl (C=O) groups is 2. The van der Waals surface area contributed by atoms with Gasteiger partial charge in [0.05, 0.1) is 5.57 Å². The maximum absolute atomic E-state index is 12.2. The lowest BCUT2D eigenvalue weighted by atomic mass is 10.0. The predicted molar refractivity (Wildman–Crippen MR) is 78.6 cm³/mol. The number of aryl methyl sites for hydroxylation is 1. The fraction of sp³-hybridized carbons (Fsp3) is 0.0588. The van der Waals surface area contributed by atoms with Gasteiger partial charge in [-0.25, -0.2) is 0 Å². The molecule has 3 heteroatoms. The second kappa shape index (κ2) is 4.78.